The molecule has 406 valence electrons. The highest BCUT2D eigenvalue weighted by Gasteiger charge is 2.39. The fourth-order valence-corrected chi connectivity index (χ4v) is 11.7. The van der Waals surface area contributed by atoms with Crippen LogP contribution in [0.4, 0.5) is 26.3 Å². The van der Waals surface area contributed by atoms with Crippen LogP contribution in [0.1, 0.15) is 38.9 Å². The van der Waals surface area contributed by atoms with Crippen LogP contribution < -0.4 is 0 Å². The van der Waals surface area contributed by atoms with E-state index < -0.39 is 29.0 Å². The van der Waals surface area contributed by atoms with E-state index in [1.807, 2.05) is 106 Å². The first-order valence-corrected chi connectivity index (χ1v) is 26.8. The molecule has 0 aliphatic rings. The molecule has 2 heterocycles. The van der Waals surface area contributed by atoms with Crippen molar-refractivity contribution in [2.75, 3.05) is 0 Å². The van der Waals surface area contributed by atoms with Gasteiger partial charge < -0.3 is 9.13 Å². The van der Waals surface area contributed by atoms with Crippen molar-refractivity contribution >= 4 is 43.6 Å². The lowest BCUT2D eigenvalue weighted by Gasteiger charge is -2.21. The lowest BCUT2D eigenvalue weighted by atomic mass is 9.91. The number of fused-ring (bicyclic) bond motifs is 6. The Morgan fingerprint density at radius 2 is 0.593 bits per heavy atom. The van der Waals surface area contributed by atoms with Crippen LogP contribution in [0.25, 0.3) is 122 Å². The topological polar surface area (TPSA) is 129 Å². The number of aromatic nitrogens is 2. The zero-order chi connectivity index (χ0) is 59.6. The molecule has 13 aromatic rings. The molecular formula is C73H37F6N7. The maximum Gasteiger partial charge on any atom is 0.417 e. The monoisotopic (exact) mass is 1130 g/mol. The summed E-state index contributed by atoms with van der Waals surface area (Å²) in [6.45, 7) is 0. The molecule has 0 aliphatic heterocycles. The molecule has 0 aliphatic carbocycles. The van der Waals surface area contributed by atoms with E-state index >= 15 is 13.2 Å². The first-order chi connectivity index (χ1) is 41.6. The molecule has 0 atom stereocenters. The van der Waals surface area contributed by atoms with Crippen LogP contribution in [0.15, 0.2) is 224 Å². The highest BCUT2D eigenvalue weighted by Crippen LogP contribution is 2.47. The van der Waals surface area contributed by atoms with E-state index in [-0.39, 0.29) is 17.2 Å². The van der Waals surface area contributed by atoms with Crippen molar-refractivity contribution < 1.29 is 26.3 Å². The normalized spacial score (nSPS) is 11.5. The molecule has 0 fully saturated rings. The molecule has 11 aromatic carbocycles. The highest BCUT2D eigenvalue weighted by molar-refractivity contribution is 6.14. The van der Waals surface area contributed by atoms with Gasteiger partial charge in [-0.05, 0) is 195 Å². The van der Waals surface area contributed by atoms with Crippen LogP contribution in [0.5, 0.6) is 0 Å². The minimum absolute atomic E-state index is 0.0612. The number of benzene rings is 11. The molecule has 0 N–H and O–H groups in total. The maximum absolute atomic E-state index is 15.3. The predicted molar refractivity (Wildman–Crippen MR) is 321 cm³/mol. The quantitative estimate of drug-likeness (QED) is 0.140. The molecular weight excluding hydrogens is 1090 g/mol. The highest BCUT2D eigenvalue weighted by atomic mass is 19.4. The summed E-state index contributed by atoms with van der Waals surface area (Å²) < 4.78 is 92.6. The van der Waals surface area contributed by atoms with Crippen molar-refractivity contribution in [3.8, 4) is 108 Å². The van der Waals surface area contributed by atoms with Gasteiger partial charge in [-0.1, -0.05) is 84.9 Å². The molecule has 0 bridgehead atoms. The molecule has 2 aromatic heterocycles. The molecule has 86 heavy (non-hydrogen) atoms. The fourth-order valence-electron chi connectivity index (χ4n) is 11.7. The minimum Gasteiger partial charge on any atom is -0.309 e. The van der Waals surface area contributed by atoms with Gasteiger partial charge >= 0.3 is 12.4 Å². The number of rotatable bonds is 8. The van der Waals surface area contributed by atoms with E-state index in [9.17, 15) is 39.5 Å². The third-order valence-electron chi connectivity index (χ3n) is 15.7. The molecule has 0 amide bonds. The van der Waals surface area contributed by atoms with Gasteiger partial charge in [-0.25, -0.2) is 0 Å². The van der Waals surface area contributed by atoms with Crippen molar-refractivity contribution in [2.45, 2.75) is 12.4 Å². The number of halogens is 6. The van der Waals surface area contributed by atoms with Crippen molar-refractivity contribution in [2.24, 2.45) is 0 Å². The zero-order valence-electron chi connectivity index (χ0n) is 44.8. The Hall–Kier alpha value is -12.0. The first kappa shape index (κ1) is 53.4. The average molecular weight is 1130 g/mol. The van der Waals surface area contributed by atoms with E-state index in [1.54, 1.807) is 97.1 Å². The van der Waals surface area contributed by atoms with Gasteiger partial charge in [-0.2, -0.15) is 52.7 Å². The van der Waals surface area contributed by atoms with Gasteiger partial charge in [-0.15, -0.1) is 0 Å². The lowest BCUT2D eigenvalue weighted by Crippen LogP contribution is -2.12. The Morgan fingerprint density at radius 1 is 0.267 bits per heavy atom. The molecule has 0 unspecified atom stereocenters. The summed E-state index contributed by atoms with van der Waals surface area (Å²) in [5.41, 5.74) is 9.01. The van der Waals surface area contributed by atoms with E-state index in [2.05, 4.69) is 30.3 Å². The summed E-state index contributed by atoms with van der Waals surface area (Å²) in [6.07, 6.45) is -10.3. The van der Waals surface area contributed by atoms with E-state index in [1.165, 1.54) is 12.1 Å². The molecule has 7 nitrogen and oxygen atoms in total. The van der Waals surface area contributed by atoms with E-state index in [0.717, 1.165) is 72.1 Å². The Morgan fingerprint density at radius 3 is 0.942 bits per heavy atom. The van der Waals surface area contributed by atoms with E-state index in [0.29, 0.717) is 72.9 Å². The van der Waals surface area contributed by atoms with Crippen molar-refractivity contribution in [1.29, 1.82) is 26.3 Å². The zero-order valence-corrected chi connectivity index (χ0v) is 44.8. The largest absolute Gasteiger partial charge is 0.417 e. The van der Waals surface area contributed by atoms with E-state index in [4.69, 9.17) is 0 Å². The van der Waals surface area contributed by atoms with Gasteiger partial charge in [0.25, 0.3) is 0 Å². The third kappa shape index (κ3) is 9.37. The Labute approximate surface area is 487 Å². The average Bonchev–Trinajstić information content (AvgIpc) is 1.81. The van der Waals surface area contributed by atoms with Gasteiger partial charge in [-0.3, -0.25) is 0 Å². The molecule has 0 saturated heterocycles. The van der Waals surface area contributed by atoms with Crippen LogP contribution in [0, 0.1) is 56.7 Å². The number of nitriles is 5. The van der Waals surface area contributed by atoms with Crippen molar-refractivity contribution in [3.05, 3.63) is 263 Å². The summed E-state index contributed by atoms with van der Waals surface area (Å²) >= 11 is 0. The van der Waals surface area contributed by atoms with Gasteiger partial charge in [0.2, 0.25) is 0 Å². The standard InChI is InChI=1S/C73H37F6N7/c74-72(75,76)57-19-20-58(65(37-57)73(77,78)79)56-18-26-71(86-69-24-16-54(50-11-3-7-45(29-50)40-82)34-62(69)63-35-55(17-25-70(63)86)51-12-4-8-46(30-51)41-83)64(36-56)59-31-47(42-84)13-21-66(59)85-67-22-14-52(48-9-1-5-43(27-48)38-80)32-60(67)61-33-53(15-23-68(61)85)49-10-2-6-44(28-49)39-81/h1-37H. The SMILES string of the molecule is N#Cc1cccc(-c2ccc3c(c2)c2cc(-c4cccc(C#N)c4)ccc2n3-c2ccc(C#N)cc2-c2cc(-c3ccc(C(F)(F)F)cc3C(F)(F)F)ccc2-n2c3ccc(-c4cccc(C#N)c4)cc3c3cc(-c4cccc(C#N)c4)ccc32)c1. The molecule has 0 spiro atoms. The number of alkyl halides is 6. The summed E-state index contributed by atoms with van der Waals surface area (Å²) in [4.78, 5) is 0. The third-order valence-corrected chi connectivity index (χ3v) is 15.7. The molecule has 0 radical (unpaired) electrons. The summed E-state index contributed by atoms with van der Waals surface area (Å²) in [5, 5.41) is 53.3. The van der Waals surface area contributed by atoms with Crippen LogP contribution in [0.3, 0.4) is 0 Å². The maximum atomic E-state index is 15.3. The van der Waals surface area contributed by atoms with Gasteiger partial charge in [0.1, 0.15) is 0 Å². The molecule has 13 heteroatoms. The van der Waals surface area contributed by atoms with Crippen molar-refractivity contribution in [3.63, 3.8) is 0 Å². The summed E-state index contributed by atoms with van der Waals surface area (Å²) in [6, 6.07) is 74.7. The van der Waals surface area contributed by atoms with Crippen molar-refractivity contribution in [1.82, 2.24) is 9.13 Å². The fraction of sp³-hybridized carbons (Fsp3) is 0.0274. The summed E-state index contributed by atoms with van der Waals surface area (Å²) in [7, 11) is 0. The second kappa shape index (κ2) is 20.8. The van der Waals surface area contributed by atoms with Gasteiger partial charge in [0.15, 0.2) is 0 Å². The van der Waals surface area contributed by atoms with Gasteiger partial charge in [0, 0.05) is 32.7 Å². The smallest absolute Gasteiger partial charge is 0.309 e. The van der Waals surface area contributed by atoms with Crippen LogP contribution in [0.2, 0.25) is 0 Å². The second-order valence-corrected chi connectivity index (χ2v) is 20.7. The van der Waals surface area contributed by atoms with Crippen LogP contribution in [-0.4, -0.2) is 9.13 Å². The first-order valence-electron chi connectivity index (χ1n) is 26.8. The predicted octanol–water partition coefficient (Wildman–Crippen LogP) is 19.3. The Balaban J connectivity index is 1.14. The molecule has 0 saturated carbocycles. The number of hydrogen-bond donors (Lipinski definition) is 0. The number of nitrogens with zero attached hydrogens (tertiary/aromatic N) is 7. The Bertz CT molecular complexity index is 5010. The number of hydrogen-bond acceptors (Lipinski definition) is 5. The molecule has 13 rings (SSSR count). The van der Waals surface area contributed by atoms with Crippen LogP contribution in [-0.2, 0) is 12.4 Å². The second-order valence-electron chi connectivity index (χ2n) is 20.7. The minimum atomic E-state index is -5.23. The Kier molecular flexibility index (Phi) is 12.9. The van der Waals surface area contributed by atoms with Crippen LogP contribution >= 0.6 is 0 Å². The van der Waals surface area contributed by atoms with Gasteiger partial charge in [0.05, 0.1) is 103 Å². The lowest BCUT2D eigenvalue weighted by molar-refractivity contribution is -0.142. The summed E-state index contributed by atoms with van der Waals surface area (Å²) in [5.74, 6) is 0.